The number of carbonyl (C=O) groups excluding carboxylic acids is 1. The topological polar surface area (TPSA) is 53.7 Å². The predicted molar refractivity (Wildman–Crippen MR) is 75.2 cm³/mol. The molecule has 2 aromatic rings. The average Bonchev–Trinajstić information content (AvgIpc) is 2.63. The number of amides is 1. The molecule has 0 spiro atoms. The molecule has 0 radical (unpaired) electrons. The molecular weight excluding hydrogens is 310 g/mol. The van der Waals surface area contributed by atoms with Crippen molar-refractivity contribution in [3.63, 3.8) is 0 Å². The molecule has 3 rings (SSSR count). The van der Waals surface area contributed by atoms with Crippen LogP contribution in [0.15, 0.2) is 27.1 Å². The number of likely N-dealkylation sites (tertiary alicyclic amines) is 1. The van der Waals surface area contributed by atoms with Crippen LogP contribution in [-0.2, 0) is 0 Å². The fourth-order valence-electron chi connectivity index (χ4n) is 2.46. The van der Waals surface area contributed by atoms with Gasteiger partial charge in [0.1, 0.15) is 5.58 Å². The number of halogens is 1. The van der Waals surface area contributed by atoms with Gasteiger partial charge in [-0.1, -0.05) is 15.9 Å². The second-order valence-corrected chi connectivity index (χ2v) is 6.27. The Labute approximate surface area is 119 Å². The molecular formula is C14H14BrNO3. The lowest BCUT2D eigenvalue weighted by atomic mass is 9.96. The highest BCUT2D eigenvalue weighted by Crippen LogP contribution is 2.30. The lowest BCUT2D eigenvalue weighted by Gasteiger charge is -2.43. The second-order valence-electron chi connectivity index (χ2n) is 5.35. The van der Waals surface area contributed by atoms with Crippen molar-refractivity contribution in [3.05, 3.63) is 34.0 Å². The number of aliphatic hydroxyl groups is 1. The Bertz CT molecular complexity index is 667. The van der Waals surface area contributed by atoms with Gasteiger partial charge in [-0.3, -0.25) is 4.79 Å². The average molecular weight is 324 g/mol. The molecule has 0 aliphatic carbocycles. The summed E-state index contributed by atoms with van der Waals surface area (Å²) < 4.78 is 6.60. The minimum absolute atomic E-state index is 0.156. The van der Waals surface area contributed by atoms with E-state index in [4.69, 9.17) is 4.42 Å². The summed E-state index contributed by atoms with van der Waals surface area (Å²) in [4.78, 5) is 13.9. The van der Waals surface area contributed by atoms with Crippen molar-refractivity contribution in [1.82, 2.24) is 4.90 Å². The summed E-state index contributed by atoms with van der Waals surface area (Å²) in [7, 11) is 0. The maximum Gasteiger partial charge on any atom is 0.290 e. The van der Waals surface area contributed by atoms with E-state index in [-0.39, 0.29) is 5.91 Å². The first-order chi connectivity index (χ1) is 8.87. The van der Waals surface area contributed by atoms with E-state index in [1.54, 1.807) is 11.8 Å². The highest BCUT2D eigenvalue weighted by molar-refractivity contribution is 9.10. The molecule has 4 nitrogen and oxygen atoms in total. The van der Waals surface area contributed by atoms with Gasteiger partial charge in [0.25, 0.3) is 5.91 Å². The first-order valence-corrected chi connectivity index (χ1v) is 6.87. The monoisotopic (exact) mass is 323 g/mol. The van der Waals surface area contributed by atoms with Crippen molar-refractivity contribution in [2.45, 2.75) is 19.4 Å². The summed E-state index contributed by atoms with van der Waals surface area (Å²) in [5.74, 6) is 0.208. The van der Waals surface area contributed by atoms with Crippen molar-refractivity contribution in [3.8, 4) is 0 Å². The number of aryl methyl sites for hydroxylation is 1. The molecule has 0 unspecified atom stereocenters. The van der Waals surface area contributed by atoms with Gasteiger partial charge in [-0.05, 0) is 32.0 Å². The number of carbonyl (C=O) groups is 1. The summed E-state index contributed by atoms with van der Waals surface area (Å²) in [6.07, 6.45) is 0. The number of hydrogen-bond acceptors (Lipinski definition) is 3. The number of fused-ring (bicyclic) bond motifs is 1. The molecule has 1 amide bonds. The van der Waals surface area contributed by atoms with Crippen LogP contribution in [0, 0.1) is 6.92 Å². The molecule has 1 aromatic heterocycles. The van der Waals surface area contributed by atoms with Gasteiger partial charge in [-0.2, -0.15) is 0 Å². The Kier molecular flexibility index (Phi) is 2.73. The Morgan fingerprint density at radius 3 is 2.79 bits per heavy atom. The van der Waals surface area contributed by atoms with Crippen LogP contribution < -0.4 is 0 Å². The fourth-order valence-corrected chi connectivity index (χ4v) is 2.82. The number of furan rings is 1. The maximum absolute atomic E-state index is 12.3. The van der Waals surface area contributed by atoms with Gasteiger partial charge in [0, 0.05) is 15.4 Å². The molecule has 0 bridgehead atoms. The molecule has 100 valence electrons. The molecule has 19 heavy (non-hydrogen) atoms. The highest BCUT2D eigenvalue weighted by atomic mass is 79.9. The van der Waals surface area contributed by atoms with E-state index in [2.05, 4.69) is 15.9 Å². The minimum atomic E-state index is -0.765. The van der Waals surface area contributed by atoms with Gasteiger partial charge in [0.2, 0.25) is 0 Å². The van der Waals surface area contributed by atoms with Gasteiger partial charge in [-0.25, -0.2) is 0 Å². The van der Waals surface area contributed by atoms with E-state index < -0.39 is 5.60 Å². The number of nitrogens with zero attached hydrogens (tertiary/aromatic N) is 1. The zero-order valence-corrected chi connectivity index (χ0v) is 12.3. The van der Waals surface area contributed by atoms with Crippen molar-refractivity contribution >= 4 is 32.8 Å². The molecule has 5 heteroatoms. The van der Waals surface area contributed by atoms with E-state index in [0.717, 1.165) is 15.4 Å². The summed E-state index contributed by atoms with van der Waals surface area (Å²) >= 11 is 3.41. The van der Waals surface area contributed by atoms with E-state index in [0.29, 0.717) is 24.4 Å². The van der Waals surface area contributed by atoms with E-state index in [1.165, 1.54) is 0 Å². The Balaban J connectivity index is 1.97. The van der Waals surface area contributed by atoms with Gasteiger partial charge < -0.3 is 14.4 Å². The third kappa shape index (κ3) is 2.07. The molecule has 1 fully saturated rings. The van der Waals surface area contributed by atoms with Crippen LogP contribution in [0.1, 0.15) is 23.0 Å². The van der Waals surface area contributed by atoms with Crippen LogP contribution in [-0.4, -0.2) is 34.6 Å². The standard InChI is InChI=1S/C14H14BrNO3/c1-8-10-5-9(15)3-4-11(10)19-12(8)13(17)16-6-14(2,18)7-16/h3-5,18H,6-7H2,1-2H3. The SMILES string of the molecule is Cc1c(C(=O)N2CC(C)(O)C2)oc2ccc(Br)cc12. The largest absolute Gasteiger partial charge is 0.451 e. The van der Waals surface area contributed by atoms with Gasteiger partial charge >= 0.3 is 0 Å². The molecule has 2 heterocycles. The van der Waals surface area contributed by atoms with E-state index in [9.17, 15) is 9.90 Å². The first-order valence-electron chi connectivity index (χ1n) is 6.08. The summed E-state index contributed by atoms with van der Waals surface area (Å²) in [6.45, 7) is 4.31. The third-order valence-electron chi connectivity index (χ3n) is 3.44. The van der Waals surface area contributed by atoms with Crippen LogP contribution in [0.5, 0.6) is 0 Å². The zero-order chi connectivity index (χ0) is 13.8. The number of rotatable bonds is 1. The lowest BCUT2D eigenvalue weighted by Crippen LogP contribution is -2.61. The Morgan fingerprint density at radius 2 is 2.16 bits per heavy atom. The van der Waals surface area contributed by atoms with Gasteiger partial charge in [0.05, 0.1) is 18.7 Å². The van der Waals surface area contributed by atoms with Crippen LogP contribution in [0.3, 0.4) is 0 Å². The predicted octanol–water partition coefficient (Wildman–Crippen LogP) is 2.71. The van der Waals surface area contributed by atoms with Crippen molar-refractivity contribution < 1.29 is 14.3 Å². The van der Waals surface area contributed by atoms with E-state index >= 15 is 0 Å². The normalized spacial score (nSPS) is 17.6. The quantitative estimate of drug-likeness (QED) is 0.877. The molecule has 1 aliphatic heterocycles. The molecule has 1 aromatic carbocycles. The minimum Gasteiger partial charge on any atom is -0.451 e. The smallest absolute Gasteiger partial charge is 0.290 e. The van der Waals surface area contributed by atoms with Crippen LogP contribution >= 0.6 is 15.9 Å². The molecule has 0 saturated carbocycles. The van der Waals surface area contributed by atoms with Crippen LogP contribution in [0.4, 0.5) is 0 Å². The molecule has 0 atom stereocenters. The van der Waals surface area contributed by atoms with Crippen molar-refractivity contribution in [1.29, 1.82) is 0 Å². The van der Waals surface area contributed by atoms with Crippen LogP contribution in [0.2, 0.25) is 0 Å². The third-order valence-corrected chi connectivity index (χ3v) is 3.94. The fraction of sp³-hybridized carbons (Fsp3) is 0.357. The Morgan fingerprint density at radius 1 is 1.47 bits per heavy atom. The summed E-state index contributed by atoms with van der Waals surface area (Å²) in [5, 5.41) is 10.6. The van der Waals surface area contributed by atoms with Gasteiger partial charge in [-0.15, -0.1) is 0 Å². The number of β-amino-alcohol motifs (C(OH)–C–C–N with tert-alkyl or cyclic N) is 1. The first kappa shape index (κ1) is 12.7. The van der Waals surface area contributed by atoms with Crippen LogP contribution in [0.25, 0.3) is 11.0 Å². The number of hydrogen-bond donors (Lipinski definition) is 1. The molecule has 1 aliphatic rings. The summed E-state index contributed by atoms with van der Waals surface area (Å²) in [5.41, 5.74) is 0.780. The number of benzene rings is 1. The lowest BCUT2D eigenvalue weighted by molar-refractivity contribution is -0.0677. The zero-order valence-electron chi connectivity index (χ0n) is 10.7. The molecule has 1 saturated heterocycles. The van der Waals surface area contributed by atoms with Crippen molar-refractivity contribution in [2.75, 3.05) is 13.1 Å². The van der Waals surface area contributed by atoms with E-state index in [1.807, 2.05) is 25.1 Å². The van der Waals surface area contributed by atoms with Crippen molar-refractivity contribution in [2.24, 2.45) is 0 Å². The molecule has 1 N–H and O–H groups in total. The van der Waals surface area contributed by atoms with Gasteiger partial charge in [0.15, 0.2) is 5.76 Å². The summed E-state index contributed by atoms with van der Waals surface area (Å²) in [6, 6.07) is 5.67. The highest BCUT2D eigenvalue weighted by Gasteiger charge is 2.41. The Hall–Kier alpha value is -1.33. The second kappa shape index (κ2) is 4.08. The maximum atomic E-state index is 12.3.